The van der Waals surface area contributed by atoms with Crippen LogP contribution in [0.3, 0.4) is 0 Å². The van der Waals surface area contributed by atoms with E-state index in [-0.39, 0.29) is 0 Å². The van der Waals surface area contributed by atoms with Gasteiger partial charge in [-0.05, 0) is 48.8 Å². The van der Waals surface area contributed by atoms with E-state index in [2.05, 4.69) is 15.8 Å². The van der Waals surface area contributed by atoms with Crippen LogP contribution in [0.1, 0.15) is 11.8 Å². The highest BCUT2D eigenvalue weighted by molar-refractivity contribution is 7.80. The number of thiocarbonyl (C=S) groups is 1. The molecule has 1 aromatic heterocycles. The van der Waals surface area contributed by atoms with Crippen LogP contribution in [0, 0.1) is 0 Å². The van der Waals surface area contributed by atoms with Crippen molar-refractivity contribution in [3.8, 4) is 0 Å². The van der Waals surface area contributed by atoms with Crippen LogP contribution >= 0.6 is 46.8 Å². The van der Waals surface area contributed by atoms with E-state index in [0.717, 1.165) is 10.6 Å². The minimum Gasteiger partial charge on any atom is -0.331 e. The van der Waals surface area contributed by atoms with Crippen molar-refractivity contribution in [1.29, 1.82) is 0 Å². The van der Waals surface area contributed by atoms with Crippen molar-refractivity contribution in [2.75, 3.05) is 5.32 Å². The van der Waals surface area contributed by atoms with Gasteiger partial charge in [-0.3, -0.25) is 5.43 Å². The second-order valence-electron chi connectivity index (χ2n) is 3.90. The lowest BCUT2D eigenvalue weighted by Crippen LogP contribution is -2.24. The molecule has 0 fully saturated rings. The summed E-state index contributed by atoms with van der Waals surface area (Å²) in [5.41, 5.74) is 4.37. The number of halogens is 2. The quantitative estimate of drug-likeness (QED) is 0.479. The van der Waals surface area contributed by atoms with Crippen molar-refractivity contribution in [2.24, 2.45) is 5.10 Å². The molecule has 2 aromatic rings. The Kier molecular flexibility index (Phi) is 5.37. The first-order valence-electron chi connectivity index (χ1n) is 5.66. The number of anilines is 1. The fraction of sp³-hybridized carbons (Fsp3) is 0.0769. The number of thiophene rings is 1. The van der Waals surface area contributed by atoms with Gasteiger partial charge in [0.2, 0.25) is 0 Å². The van der Waals surface area contributed by atoms with Crippen molar-refractivity contribution in [3.05, 3.63) is 50.6 Å². The molecule has 0 radical (unpaired) electrons. The molecule has 1 aromatic carbocycles. The maximum Gasteiger partial charge on any atom is 0.191 e. The molecule has 2 N–H and O–H groups in total. The first-order valence-corrected chi connectivity index (χ1v) is 7.70. The minimum atomic E-state index is 0.374. The molecule has 2 rings (SSSR count). The Hall–Kier alpha value is -1.14. The zero-order chi connectivity index (χ0) is 14.5. The molecular formula is C13H11Cl2N3S2. The summed E-state index contributed by atoms with van der Waals surface area (Å²) in [6.07, 6.45) is 0. The topological polar surface area (TPSA) is 36.4 Å². The van der Waals surface area contributed by atoms with Gasteiger partial charge in [-0.25, -0.2) is 0 Å². The average Bonchev–Trinajstić information content (AvgIpc) is 2.88. The van der Waals surface area contributed by atoms with Crippen LogP contribution in [0.25, 0.3) is 0 Å². The van der Waals surface area contributed by atoms with E-state index in [9.17, 15) is 0 Å². The number of rotatable bonds is 3. The molecule has 3 nitrogen and oxygen atoms in total. The highest BCUT2D eigenvalue weighted by Gasteiger charge is 2.02. The summed E-state index contributed by atoms with van der Waals surface area (Å²) >= 11 is 18.6. The molecule has 0 aliphatic carbocycles. The number of benzene rings is 1. The lowest BCUT2D eigenvalue weighted by Gasteiger charge is -2.08. The predicted molar refractivity (Wildman–Crippen MR) is 92.3 cm³/mol. The van der Waals surface area contributed by atoms with Gasteiger partial charge in [-0.1, -0.05) is 29.3 Å². The Labute approximate surface area is 136 Å². The third kappa shape index (κ3) is 4.45. The van der Waals surface area contributed by atoms with E-state index < -0.39 is 0 Å². The molecule has 0 aliphatic heterocycles. The standard InChI is InChI=1S/C13H11Cl2N3S2/c1-8(12-3-2-4-20-12)17-18-13(19)16-11-6-9(14)5-10(15)7-11/h2-7H,1H3,(H2,16,18,19)/b17-8-. The summed E-state index contributed by atoms with van der Waals surface area (Å²) < 4.78 is 0. The lowest BCUT2D eigenvalue weighted by molar-refractivity contribution is 1.04. The van der Waals surface area contributed by atoms with Crippen LogP contribution in [0.15, 0.2) is 40.8 Å². The molecular weight excluding hydrogens is 333 g/mol. The van der Waals surface area contributed by atoms with Gasteiger partial charge in [-0.2, -0.15) is 5.10 Å². The van der Waals surface area contributed by atoms with Crippen LogP contribution in [0.5, 0.6) is 0 Å². The molecule has 0 saturated heterocycles. The molecule has 0 spiro atoms. The summed E-state index contributed by atoms with van der Waals surface area (Å²) in [6, 6.07) is 9.10. The Balaban J connectivity index is 1.97. The summed E-state index contributed by atoms with van der Waals surface area (Å²) in [5, 5.41) is 10.6. The summed E-state index contributed by atoms with van der Waals surface area (Å²) in [6.45, 7) is 1.91. The van der Waals surface area contributed by atoms with Gasteiger partial charge in [0.25, 0.3) is 0 Å². The smallest absolute Gasteiger partial charge is 0.191 e. The molecule has 0 atom stereocenters. The molecule has 0 bridgehead atoms. The SMILES string of the molecule is C/C(=N/NC(=S)Nc1cc(Cl)cc(Cl)c1)c1cccs1. The van der Waals surface area contributed by atoms with Crippen molar-refractivity contribution in [1.82, 2.24) is 5.43 Å². The fourth-order valence-corrected chi connectivity index (χ4v) is 2.83. The Bertz CT molecular complexity index is 619. The van der Waals surface area contributed by atoms with Crippen molar-refractivity contribution < 1.29 is 0 Å². The molecule has 0 amide bonds. The van der Waals surface area contributed by atoms with E-state index in [1.54, 1.807) is 29.5 Å². The first-order chi connectivity index (χ1) is 9.54. The molecule has 0 aliphatic rings. The fourth-order valence-electron chi connectivity index (χ4n) is 1.46. The van der Waals surface area contributed by atoms with Gasteiger partial charge in [0, 0.05) is 20.6 Å². The second-order valence-corrected chi connectivity index (χ2v) is 6.13. The molecule has 7 heteroatoms. The zero-order valence-corrected chi connectivity index (χ0v) is 13.6. The van der Waals surface area contributed by atoms with Crippen LogP contribution in [0.2, 0.25) is 10.0 Å². The highest BCUT2D eigenvalue weighted by atomic mass is 35.5. The number of nitrogens with one attached hydrogen (secondary N) is 2. The normalized spacial score (nSPS) is 11.2. The Morgan fingerprint density at radius 2 is 1.95 bits per heavy atom. The average molecular weight is 344 g/mol. The first kappa shape index (κ1) is 15.3. The van der Waals surface area contributed by atoms with E-state index in [0.29, 0.717) is 20.8 Å². The van der Waals surface area contributed by atoms with Crippen molar-refractivity contribution >= 4 is 63.3 Å². The molecule has 0 unspecified atom stereocenters. The van der Waals surface area contributed by atoms with Gasteiger partial charge >= 0.3 is 0 Å². The van der Waals surface area contributed by atoms with Gasteiger partial charge in [0.05, 0.1) is 5.71 Å². The number of hydrazone groups is 1. The van der Waals surface area contributed by atoms with Gasteiger partial charge < -0.3 is 5.32 Å². The summed E-state index contributed by atoms with van der Waals surface area (Å²) in [4.78, 5) is 1.09. The third-order valence-corrected chi connectivity index (χ3v) is 3.93. The Morgan fingerprint density at radius 1 is 1.25 bits per heavy atom. The minimum absolute atomic E-state index is 0.374. The third-order valence-electron chi connectivity index (χ3n) is 2.32. The summed E-state index contributed by atoms with van der Waals surface area (Å²) in [7, 11) is 0. The number of nitrogens with zero attached hydrogens (tertiary/aromatic N) is 1. The van der Waals surface area contributed by atoms with Gasteiger partial charge in [0.1, 0.15) is 0 Å². The maximum absolute atomic E-state index is 5.91. The highest BCUT2D eigenvalue weighted by Crippen LogP contribution is 2.22. The molecule has 20 heavy (non-hydrogen) atoms. The van der Waals surface area contributed by atoms with E-state index >= 15 is 0 Å². The second kappa shape index (κ2) is 7.04. The van der Waals surface area contributed by atoms with Gasteiger partial charge in [-0.15, -0.1) is 11.3 Å². The predicted octanol–water partition coefficient (Wildman–Crippen LogP) is 4.77. The molecule has 1 heterocycles. The van der Waals surface area contributed by atoms with Crippen molar-refractivity contribution in [2.45, 2.75) is 6.92 Å². The van der Waals surface area contributed by atoms with E-state index in [1.165, 1.54) is 0 Å². The maximum atomic E-state index is 5.91. The molecule has 104 valence electrons. The number of hydrogen-bond acceptors (Lipinski definition) is 3. The zero-order valence-electron chi connectivity index (χ0n) is 10.5. The molecule has 0 saturated carbocycles. The van der Waals surface area contributed by atoms with Crippen LogP contribution < -0.4 is 10.7 Å². The largest absolute Gasteiger partial charge is 0.331 e. The number of hydrogen-bond donors (Lipinski definition) is 2. The van der Waals surface area contributed by atoms with E-state index in [4.69, 9.17) is 35.4 Å². The van der Waals surface area contributed by atoms with Crippen LogP contribution in [-0.2, 0) is 0 Å². The van der Waals surface area contributed by atoms with Crippen LogP contribution in [0.4, 0.5) is 5.69 Å². The van der Waals surface area contributed by atoms with E-state index in [1.807, 2.05) is 24.4 Å². The van der Waals surface area contributed by atoms with Crippen LogP contribution in [-0.4, -0.2) is 10.8 Å². The van der Waals surface area contributed by atoms with Crippen molar-refractivity contribution in [3.63, 3.8) is 0 Å². The summed E-state index contributed by atoms with van der Waals surface area (Å²) in [5.74, 6) is 0. The monoisotopic (exact) mass is 343 g/mol. The van der Waals surface area contributed by atoms with Gasteiger partial charge in [0.15, 0.2) is 5.11 Å². The lowest BCUT2D eigenvalue weighted by atomic mass is 10.3. The Morgan fingerprint density at radius 3 is 2.55 bits per heavy atom.